The van der Waals surface area contributed by atoms with Crippen LogP contribution < -0.4 is 10.0 Å². The highest BCUT2D eigenvalue weighted by molar-refractivity contribution is 7.77. The largest absolute Gasteiger partial charge is 0.324 e. The van der Waals surface area contributed by atoms with E-state index in [1.54, 1.807) is 23.1 Å². The molecule has 3 N–H and O–H groups in total. The topological polar surface area (TPSA) is 94.6 Å². The quantitative estimate of drug-likeness (QED) is 0.111. The predicted octanol–water partition coefficient (Wildman–Crippen LogP) is 8.13. The zero-order chi connectivity index (χ0) is 31.6. The fraction of sp³-hybridized carbons (Fsp3) is 0.176. The summed E-state index contributed by atoms with van der Waals surface area (Å²) in [7, 11) is 0. The number of hydrogen-bond donors (Lipinski definition) is 3. The first kappa shape index (κ1) is 32.5. The third kappa shape index (κ3) is 9.06. The van der Waals surface area contributed by atoms with Gasteiger partial charge in [0.1, 0.15) is 15.8 Å². The molecular formula is C34H32ClFN4O3S2. The zero-order valence-corrected chi connectivity index (χ0v) is 26.6. The summed E-state index contributed by atoms with van der Waals surface area (Å²) < 4.78 is 37.2. The first-order chi connectivity index (χ1) is 21.9. The lowest BCUT2D eigenvalue weighted by molar-refractivity contribution is 0.210. The van der Waals surface area contributed by atoms with Crippen molar-refractivity contribution in [3.8, 4) is 11.3 Å². The number of benzene rings is 4. The number of carbonyl (C=O) groups excluding carboxylic acids is 1. The summed E-state index contributed by atoms with van der Waals surface area (Å²) in [5.41, 5.74) is 4.93. The molecule has 1 atom stereocenters. The van der Waals surface area contributed by atoms with Gasteiger partial charge in [-0.3, -0.25) is 9.87 Å². The molecule has 1 unspecified atom stereocenters. The Hall–Kier alpha value is -3.93. The van der Waals surface area contributed by atoms with Crippen molar-refractivity contribution in [1.29, 1.82) is 0 Å². The molecule has 0 aliphatic carbocycles. The number of rotatable bonds is 13. The van der Waals surface area contributed by atoms with E-state index in [-0.39, 0.29) is 24.3 Å². The lowest BCUT2D eigenvalue weighted by atomic mass is 9.88. The van der Waals surface area contributed by atoms with Crippen molar-refractivity contribution in [3.63, 3.8) is 0 Å². The maximum atomic E-state index is 14.5. The molecule has 0 aliphatic heterocycles. The molecule has 0 saturated carbocycles. The Bertz CT molecular complexity index is 1680. The highest BCUT2D eigenvalue weighted by Crippen LogP contribution is 2.35. The molecule has 1 heterocycles. The van der Waals surface area contributed by atoms with Crippen molar-refractivity contribution in [1.82, 2.24) is 14.6 Å². The molecule has 7 nitrogen and oxygen atoms in total. The summed E-state index contributed by atoms with van der Waals surface area (Å²) in [6.07, 6.45) is 1.02. The summed E-state index contributed by atoms with van der Waals surface area (Å²) in [5, 5.41) is 3.26. The number of carbonyl (C=O) groups is 1. The van der Waals surface area contributed by atoms with Crippen LogP contribution in [0.25, 0.3) is 11.3 Å². The molecule has 0 spiro atoms. The molecular weight excluding hydrogens is 631 g/mol. The molecule has 2 amide bonds. The Morgan fingerprint density at radius 2 is 1.53 bits per heavy atom. The van der Waals surface area contributed by atoms with E-state index in [0.29, 0.717) is 46.7 Å². The minimum absolute atomic E-state index is 0.0626. The third-order valence-electron chi connectivity index (χ3n) is 7.41. The Kier molecular flexibility index (Phi) is 11.5. The zero-order valence-electron chi connectivity index (χ0n) is 24.2. The van der Waals surface area contributed by atoms with Crippen LogP contribution in [0.4, 0.5) is 14.3 Å². The van der Waals surface area contributed by atoms with Gasteiger partial charge in [-0.25, -0.2) is 23.1 Å². The van der Waals surface area contributed by atoms with Gasteiger partial charge in [-0.1, -0.05) is 126 Å². The van der Waals surface area contributed by atoms with Gasteiger partial charge in [-0.2, -0.15) is 0 Å². The van der Waals surface area contributed by atoms with Gasteiger partial charge >= 0.3 is 6.03 Å². The van der Waals surface area contributed by atoms with E-state index in [0.717, 1.165) is 33.6 Å². The molecule has 11 heteroatoms. The molecule has 45 heavy (non-hydrogen) atoms. The Morgan fingerprint density at radius 3 is 2.16 bits per heavy atom. The van der Waals surface area contributed by atoms with Crippen LogP contribution >= 0.6 is 22.9 Å². The number of amides is 2. The summed E-state index contributed by atoms with van der Waals surface area (Å²) >= 11 is 5.60. The number of anilines is 1. The number of halogens is 2. The van der Waals surface area contributed by atoms with Gasteiger partial charge in [-0.15, -0.1) is 0 Å². The highest BCUT2D eigenvalue weighted by atomic mass is 35.5. The van der Waals surface area contributed by atoms with Crippen LogP contribution in [-0.2, 0) is 24.2 Å². The van der Waals surface area contributed by atoms with E-state index in [1.807, 2.05) is 60.7 Å². The number of aromatic nitrogens is 1. The maximum Gasteiger partial charge on any atom is 0.323 e. The minimum Gasteiger partial charge on any atom is -0.324 e. The van der Waals surface area contributed by atoms with Gasteiger partial charge in [0.15, 0.2) is 5.13 Å². The monoisotopic (exact) mass is 662 g/mol. The average molecular weight is 663 g/mol. The van der Waals surface area contributed by atoms with Crippen LogP contribution in [0.15, 0.2) is 109 Å². The first-order valence-corrected chi connectivity index (χ1v) is 16.7. The standard InChI is InChI=1S/C34H32ClFN4O3S2/c35-32-31(28-17-15-24(16-18-28)23-37-45(42)43)38-33(44-32)39-34(41)40(21-19-27-13-7-8-14-30(27)36)22-20-29(25-9-3-1-4-10-25)26-11-5-2-6-12-26/h1-18,29,37H,19-23H2,(H,42,43)(H,38,39,41). The van der Waals surface area contributed by atoms with Crippen LogP contribution in [0.2, 0.25) is 4.34 Å². The summed E-state index contributed by atoms with van der Waals surface area (Å²) in [5.74, 6) is -0.236. The lowest BCUT2D eigenvalue weighted by Gasteiger charge is -2.26. The normalized spacial score (nSPS) is 11.8. The van der Waals surface area contributed by atoms with E-state index in [1.165, 1.54) is 6.07 Å². The van der Waals surface area contributed by atoms with E-state index < -0.39 is 11.3 Å². The molecule has 0 bridgehead atoms. The number of nitrogens with zero attached hydrogens (tertiary/aromatic N) is 2. The minimum atomic E-state index is -2.10. The molecule has 4 aromatic carbocycles. The van der Waals surface area contributed by atoms with Gasteiger partial charge < -0.3 is 4.90 Å². The van der Waals surface area contributed by atoms with Crippen molar-refractivity contribution >= 4 is 45.4 Å². The van der Waals surface area contributed by atoms with Gasteiger partial charge in [0.05, 0.1) is 0 Å². The van der Waals surface area contributed by atoms with Gasteiger partial charge in [0, 0.05) is 31.1 Å². The van der Waals surface area contributed by atoms with E-state index in [9.17, 15) is 13.4 Å². The van der Waals surface area contributed by atoms with Crippen LogP contribution in [0.1, 0.15) is 34.6 Å². The second-order valence-electron chi connectivity index (χ2n) is 10.3. The second kappa shape index (κ2) is 15.9. The van der Waals surface area contributed by atoms with Crippen LogP contribution in [0.3, 0.4) is 0 Å². The predicted molar refractivity (Wildman–Crippen MR) is 180 cm³/mol. The van der Waals surface area contributed by atoms with E-state index in [2.05, 4.69) is 39.3 Å². The van der Waals surface area contributed by atoms with E-state index in [4.69, 9.17) is 16.2 Å². The molecule has 232 valence electrons. The van der Waals surface area contributed by atoms with Gasteiger partial charge in [0.25, 0.3) is 0 Å². The lowest BCUT2D eigenvalue weighted by Crippen LogP contribution is -2.38. The Labute approximate surface area is 273 Å². The number of hydrogen-bond acceptors (Lipinski definition) is 4. The Morgan fingerprint density at radius 1 is 0.911 bits per heavy atom. The van der Waals surface area contributed by atoms with Gasteiger partial charge in [-0.05, 0) is 41.2 Å². The number of thiazole rings is 1. The smallest absolute Gasteiger partial charge is 0.323 e. The summed E-state index contributed by atoms with van der Waals surface area (Å²) in [6, 6.07) is 33.9. The van der Waals surface area contributed by atoms with E-state index >= 15 is 0 Å². The number of urea groups is 1. The molecule has 5 aromatic rings. The molecule has 5 rings (SSSR count). The molecule has 0 saturated heterocycles. The fourth-order valence-electron chi connectivity index (χ4n) is 5.08. The van der Waals surface area contributed by atoms with Crippen molar-refractivity contribution in [2.75, 3.05) is 18.4 Å². The molecule has 0 aliphatic rings. The first-order valence-electron chi connectivity index (χ1n) is 14.4. The molecule has 1 aromatic heterocycles. The SMILES string of the molecule is O=C(Nc1nc(-c2ccc(CNS(=O)O)cc2)c(Cl)s1)N(CCc1ccccc1F)CCC(c1ccccc1)c1ccccc1. The highest BCUT2D eigenvalue weighted by Gasteiger charge is 2.21. The average Bonchev–Trinajstić information content (AvgIpc) is 3.42. The molecule has 0 radical (unpaired) electrons. The van der Waals surface area contributed by atoms with Gasteiger partial charge in [0.2, 0.25) is 11.3 Å². The number of nitrogens with one attached hydrogen (secondary N) is 2. The van der Waals surface area contributed by atoms with Crippen molar-refractivity contribution in [3.05, 3.63) is 142 Å². The summed E-state index contributed by atoms with van der Waals surface area (Å²) in [6.45, 7) is 0.964. The maximum absolute atomic E-state index is 14.5. The van der Waals surface area contributed by atoms with Crippen molar-refractivity contribution < 1.29 is 17.9 Å². The fourth-order valence-corrected chi connectivity index (χ4v) is 6.45. The van der Waals surface area contributed by atoms with Crippen LogP contribution in [-0.4, -0.2) is 37.8 Å². The second-order valence-corrected chi connectivity index (χ2v) is 12.7. The Balaban J connectivity index is 1.33. The summed E-state index contributed by atoms with van der Waals surface area (Å²) in [4.78, 5) is 20.0. The molecule has 0 fully saturated rings. The third-order valence-corrected chi connectivity index (χ3v) is 8.98. The van der Waals surface area contributed by atoms with Crippen LogP contribution in [0, 0.1) is 5.82 Å². The van der Waals surface area contributed by atoms with Crippen molar-refractivity contribution in [2.45, 2.75) is 25.3 Å². The van der Waals surface area contributed by atoms with Crippen LogP contribution in [0.5, 0.6) is 0 Å². The van der Waals surface area contributed by atoms with Crippen molar-refractivity contribution in [2.24, 2.45) is 0 Å².